The highest BCUT2D eigenvalue weighted by Crippen LogP contribution is 2.59. The SMILES string of the molecule is CCC(O)(C1CC1(C)C)S(=O)(=O)O. The van der Waals surface area contributed by atoms with Crippen molar-refractivity contribution >= 4 is 10.1 Å². The molecule has 13 heavy (non-hydrogen) atoms. The third-order valence-corrected chi connectivity index (χ3v) is 4.48. The lowest BCUT2D eigenvalue weighted by molar-refractivity contribution is 0.0740. The van der Waals surface area contributed by atoms with E-state index in [0.29, 0.717) is 6.42 Å². The fraction of sp³-hybridized carbons (Fsp3) is 1.00. The first kappa shape index (κ1) is 10.9. The third kappa shape index (κ3) is 1.60. The van der Waals surface area contributed by atoms with Crippen LogP contribution in [0.3, 0.4) is 0 Å². The minimum atomic E-state index is -4.37. The van der Waals surface area contributed by atoms with Crippen molar-refractivity contribution in [1.29, 1.82) is 0 Å². The van der Waals surface area contributed by atoms with Crippen LogP contribution in [0.4, 0.5) is 0 Å². The molecule has 2 atom stereocenters. The fourth-order valence-electron chi connectivity index (χ4n) is 1.85. The van der Waals surface area contributed by atoms with E-state index in [2.05, 4.69) is 0 Å². The Morgan fingerprint density at radius 3 is 2.00 bits per heavy atom. The van der Waals surface area contributed by atoms with E-state index in [1.807, 2.05) is 13.8 Å². The summed E-state index contributed by atoms with van der Waals surface area (Å²) < 4.78 is 30.8. The quantitative estimate of drug-likeness (QED) is 0.679. The molecule has 1 fully saturated rings. The molecule has 2 N–H and O–H groups in total. The largest absolute Gasteiger partial charge is 0.372 e. The van der Waals surface area contributed by atoms with Crippen LogP contribution in [0.1, 0.15) is 33.6 Å². The van der Waals surface area contributed by atoms with Gasteiger partial charge in [-0.2, -0.15) is 8.42 Å². The predicted octanol–water partition coefficient (Wildman–Crippen LogP) is 1.02. The summed E-state index contributed by atoms with van der Waals surface area (Å²) in [6.07, 6.45) is 0.664. The van der Waals surface area contributed by atoms with Gasteiger partial charge in [0.05, 0.1) is 0 Å². The van der Waals surface area contributed by atoms with E-state index in [9.17, 15) is 13.5 Å². The molecule has 5 heteroatoms. The van der Waals surface area contributed by atoms with Crippen molar-refractivity contribution < 1.29 is 18.1 Å². The van der Waals surface area contributed by atoms with E-state index >= 15 is 0 Å². The van der Waals surface area contributed by atoms with Gasteiger partial charge in [0, 0.05) is 5.92 Å². The Hall–Kier alpha value is -0.130. The lowest BCUT2D eigenvalue weighted by atomic mass is 10.0. The topological polar surface area (TPSA) is 74.6 Å². The maximum absolute atomic E-state index is 11.0. The maximum Gasteiger partial charge on any atom is 0.295 e. The van der Waals surface area contributed by atoms with Crippen molar-refractivity contribution in [3.8, 4) is 0 Å². The van der Waals surface area contributed by atoms with Crippen molar-refractivity contribution in [1.82, 2.24) is 0 Å². The van der Waals surface area contributed by atoms with Crippen molar-refractivity contribution in [3.05, 3.63) is 0 Å². The van der Waals surface area contributed by atoms with Gasteiger partial charge in [-0.05, 0) is 18.3 Å². The van der Waals surface area contributed by atoms with Crippen LogP contribution in [0.5, 0.6) is 0 Å². The Bertz CT molecular complexity index is 306. The highest BCUT2D eigenvalue weighted by atomic mass is 32.2. The van der Waals surface area contributed by atoms with E-state index in [0.717, 1.165) is 0 Å². The second-order valence-corrected chi connectivity index (χ2v) is 6.08. The Balaban J connectivity index is 2.98. The zero-order valence-electron chi connectivity index (χ0n) is 8.11. The first-order chi connectivity index (χ1) is 5.65. The molecular weight excluding hydrogens is 192 g/mol. The molecule has 0 aromatic heterocycles. The summed E-state index contributed by atoms with van der Waals surface area (Å²) in [5, 5.41) is 9.79. The molecule has 0 bridgehead atoms. The van der Waals surface area contributed by atoms with Gasteiger partial charge in [-0.25, -0.2) is 0 Å². The van der Waals surface area contributed by atoms with E-state index in [-0.39, 0.29) is 17.8 Å². The third-order valence-electron chi connectivity index (χ3n) is 3.01. The molecule has 4 nitrogen and oxygen atoms in total. The zero-order valence-corrected chi connectivity index (χ0v) is 8.93. The van der Waals surface area contributed by atoms with Gasteiger partial charge in [-0.15, -0.1) is 0 Å². The Labute approximate surface area is 78.7 Å². The van der Waals surface area contributed by atoms with Gasteiger partial charge < -0.3 is 5.11 Å². The van der Waals surface area contributed by atoms with Gasteiger partial charge in [-0.1, -0.05) is 20.8 Å². The van der Waals surface area contributed by atoms with Crippen LogP contribution in [0, 0.1) is 11.3 Å². The molecular formula is C8H16O4S. The lowest BCUT2D eigenvalue weighted by Gasteiger charge is -2.24. The van der Waals surface area contributed by atoms with Crippen LogP contribution in [-0.4, -0.2) is 23.0 Å². The molecule has 1 saturated carbocycles. The second-order valence-electron chi connectivity index (χ2n) is 4.42. The summed E-state index contributed by atoms with van der Waals surface area (Å²) in [6, 6.07) is 0. The maximum atomic E-state index is 11.0. The average molecular weight is 208 g/mol. The molecule has 0 aliphatic heterocycles. The second kappa shape index (κ2) is 2.68. The molecule has 0 radical (unpaired) electrons. The van der Waals surface area contributed by atoms with Crippen LogP contribution >= 0.6 is 0 Å². The molecule has 0 aromatic carbocycles. The van der Waals surface area contributed by atoms with Crippen LogP contribution < -0.4 is 0 Å². The van der Waals surface area contributed by atoms with Gasteiger partial charge in [0.25, 0.3) is 10.1 Å². The standard InChI is InChI=1S/C8H16O4S/c1-4-8(9,13(10,11)12)6-5-7(6,2)3/h6,9H,4-5H2,1-3H3,(H,10,11,12). The van der Waals surface area contributed by atoms with Gasteiger partial charge in [0.2, 0.25) is 0 Å². The molecule has 2 unspecified atom stereocenters. The molecule has 0 heterocycles. The monoisotopic (exact) mass is 208 g/mol. The van der Waals surface area contributed by atoms with Crippen LogP contribution in [0.25, 0.3) is 0 Å². The van der Waals surface area contributed by atoms with E-state index in [1.54, 1.807) is 6.92 Å². The zero-order chi connectivity index (χ0) is 10.5. The summed E-state index contributed by atoms with van der Waals surface area (Å²) >= 11 is 0. The Morgan fingerprint density at radius 1 is 1.54 bits per heavy atom. The van der Waals surface area contributed by atoms with E-state index in [1.165, 1.54) is 0 Å². The van der Waals surface area contributed by atoms with Gasteiger partial charge in [0.15, 0.2) is 4.93 Å². The average Bonchev–Trinajstić information content (AvgIpc) is 2.56. The van der Waals surface area contributed by atoms with Crippen molar-refractivity contribution in [3.63, 3.8) is 0 Å². The smallest absolute Gasteiger partial charge is 0.295 e. The fourth-order valence-corrected chi connectivity index (χ4v) is 2.97. The molecule has 0 aromatic rings. The highest BCUT2D eigenvalue weighted by Gasteiger charge is 2.62. The summed E-state index contributed by atoms with van der Waals surface area (Å²) in [5.74, 6) is -0.347. The molecule has 1 aliphatic rings. The number of hydrogen-bond donors (Lipinski definition) is 2. The lowest BCUT2D eigenvalue weighted by Crippen LogP contribution is -2.41. The summed E-state index contributed by atoms with van der Waals surface area (Å²) in [7, 11) is -4.37. The summed E-state index contributed by atoms with van der Waals surface area (Å²) in [4.78, 5) is -1.95. The predicted molar refractivity (Wildman–Crippen MR) is 48.7 cm³/mol. The molecule has 1 aliphatic carbocycles. The molecule has 1 rings (SSSR count). The van der Waals surface area contributed by atoms with Crippen molar-refractivity contribution in [2.24, 2.45) is 11.3 Å². The first-order valence-electron chi connectivity index (χ1n) is 4.34. The summed E-state index contributed by atoms with van der Waals surface area (Å²) in [6.45, 7) is 5.31. The minimum Gasteiger partial charge on any atom is -0.372 e. The number of aliphatic hydroxyl groups is 1. The van der Waals surface area contributed by atoms with Crippen molar-refractivity contribution in [2.45, 2.75) is 38.5 Å². The van der Waals surface area contributed by atoms with Gasteiger partial charge >= 0.3 is 0 Å². The van der Waals surface area contributed by atoms with Crippen LogP contribution in [0.15, 0.2) is 0 Å². The van der Waals surface area contributed by atoms with Crippen LogP contribution in [0.2, 0.25) is 0 Å². The summed E-state index contributed by atoms with van der Waals surface area (Å²) in [5.41, 5.74) is -0.180. The first-order valence-corrected chi connectivity index (χ1v) is 5.78. The number of hydrogen-bond acceptors (Lipinski definition) is 3. The highest BCUT2D eigenvalue weighted by molar-refractivity contribution is 7.87. The minimum absolute atomic E-state index is 0.0277. The molecule has 0 spiro atoms. The van der Waals surface area contributed by atoms with Crippen molar-refractivity contribution in [2.75, 3.05) is 0 Å². The molecule has 78 valence electrons. The number of rotatable bonds is 3. The molecule has 0 amide bonds. The van der Waals surface area contributed by atoms with E-state index in [4.69, 9.17) is 4.55 Å². The van der Waals surface area contributed by atoms with Gasteiger partial charge in [0.1, 0.15) is 0 Å². The molecule has 0 saturated heterocycles. The Kier molecular flexibility index (Phi) is 2.26. The van der Waals surface area contributed by atoms with E-state index < -0.39 is 15.1 Å². The normalized spacial score (nSPS) is 31.0. The van der Waals surface area contributed by atoms with Crippen LogP contribution in [-0.2, 0) is 10.1 Å². The Morgan fingerprint density at radius 2 is 1.92 bits per heavy atom. The van der Waals surface area contributed by atoms with Gasteiger partial charge in [-0.3, -0.25) is 4.55 Å².